The molecule has 1 heterocycles. The zero-order chi connectivity index (χ0) is 21.1. The molecule has 0 radical (unpaired) electrons. The molecule has 0 atom stereocenters. The van der Waals surface area contributed by atoms with E-state index in [-0.39, 0.29) is 10.7 Å². The molecule has 0 saturated heterocycles. The maximum Gasteiger partial charge on any atom is 0.488 e. The van der Waals surface area contributed by atoms with Gasteiger partial charge in [0.1, 0.15) is 17.3 Å². The fraction of sp³-hybridized carbons (Fsp3) is 0.0455. The number of ether oxygens (including phenoxy) is 1. The van der Waals surface area contributed by atoms with Crippen molar-refractivity contribution in [2.24, 2.45) is 0 Å². The van der Waals surface area contributed by atoms with Crippen molar-refractivity contribution >= 4 is 23.9 Å². The first-order chi connectivity index (χ1) is 14.5. The van der Waals surface area contributed by atoms with E-state index in [1.807, 2.05) is 24.3 Å². The third-order valence-electron chi connectivity index (χ3n) is 4.51. The Morgan fingerprint density at radius 3 is 2.10 bits per heavy atom. The van der Waals surface area contributed by atoms with Crippen LogP contribution >= 0.6 is 11.3 Å². The van der Waals surface area contributed by atoms with Crippen LogP contribution in [0.15, 0.2) is 83.8 Å². The van der Waals surface area contributed by atoms with Crippen LogP contribution in [0.5, 0.6) is 11.5 Å². The van der Waals surface area contributed by atoms with E-state index in [0.717, 1.165) is 21.8 Å². The van der Waals surface area contributed by atoms with Crippen molar-refractivity contribution in [3.05, 3.63) is 105 Å². The molecule has 3 aromatic carbocycles. The third kappa shape index (κ3) is 4.68. The fourth-order valence-electron chi connectivity index (χ4n) is 2.97. The molecule has 0 aliphatic heterocycles. The molecule has 8 heteroatoms. The minimum atomic E-state index is -1.51. The average Bonchev–Trinajstić information content (AvgIpc) is 3.10. The van der Waals surface area contributed by atoms with Crippen LogP contribution in [0.4, 0.5) is 4.39 Å². The van der Waals surface area contributed by atoms with Gasteiger partial charge in [0.25, 0.3) is 0 Å². The molecule has 2 N–H and O–H groups in total. The van der Waals surface area contributed by atoms with E-state index in [2.05, 4.69) is 0 Å². The number of nitrogens with zero attached hydrogens (tertiary/aromatic N) is 1. The molecule has 0 amide bonds. The second kappa shape index (κ2) is 8.67. The van der Waals surface area contributed by atoms with E-state index in [1.165, 1.54) is 16.7 Å². The molecule has 4 aromatic rings. The van der Waals surface area contributed by atoms with Gasteiger partial charge in [0.15, 0.2) is 0 Å². The van der Waals surface area contributed by atoms with Gasteiger partial charge in [0.2, 0.25) is 0 Å². The Morgan fingerprint density at radius 2 is 1.50 bits per heavy atom. The van der Waals surface area contributed by atoms with Gasteiger partial charge in [0.05, 0.1) is 0 Å². The number of rotatable bonds is 6. The van der Waals surface area contributed by atoms with E-state index >= 15 is 0 Å². The Bertz CT molecular complexity index is 1190. The van der Waals surface area contributed by atoms with Gasteiger partial charge in [-0.05, 0) is 59.6 Å². The van der Waals surface area contributed by atoms with E-state index in [9.17, 15) is 9.18 Å². The van der Waals surface area contributed by atoms with Gasteiger partial charge < -0.3 is 14.8 Å². The van der Waals surface area contributed by atoms with Crippen molar-refractivity contribution < 1.29 is 19.2 Å². The maximum absolute atomic E-state index is 13.1. The third-order valence-corrected chi connectivity index (χ3v) is 5.39. The lowest BCUT2D eigenvalue weighted by molar-refractivity contribution is 0.425. The summed E-state index contributed by atoms with van der Waals surface area (Å²) in [6, 6.07) is 19.8. The molecule has 0 fully saturated rings. The highest BCUT2D eigenvalue weighted by atomic mass is 32.1. The quantitative estimate of drug-likeness (QED) is 0.470. The van der Waals surface area contributed by atoms with Gasteiger partial charge in [-0.3, -0.25) is 9.36 Å². The lowest BCUT2D eigenvalue weighted by atomic mass is 9.80. The summed E-state index contributed by atoms with van der Waals surface area (Å²) < 4.78 is 20.4. The Hall–Kier alpha value is -3.20. The molecular formula is C22H17BFNO4S. The van der Waals surface area contributed by atoms with Gasteiger partial charge in [-0.25, -0.2) is 4.39 Å². The number of hydrogen-bond acceptors (Lipinski definition) is 5. The van der Waals surface area contributed by atoms with Crippen LogP contribution in [0, 0.1) is 5.82 Å². The molecule has 0 aliphatic rings. The average molecular weight is 421 g/mol. The summed E-state index contributed by atoms with van der Waals surface area (Å²) >= 11 is 1.16. The SMILES string of the molecule is O=c1sc(Cc2ccc(Oc3ccc(B(O)O)cc3)cc2)cn1-c1ccc(F)cc1. The second-order valence-electron chi connectivity index (χ2n) is 6.68. The van der Waals surface area contributed by atoms with Crippen LogP contribution in [-0.4, -0.2) is 21.7 Å². The molecule has 150 valence electrons. The first-order valence-electron chi connectivity index (χ1n) is 9.18. The van der Waals surface area contributed by atoms with Gasteiger partial charge >= 0.3 is 12.0 Å². The summed E-state index contributed by atoms with van der Waals surface area (Å²) in [7, 11) is -1.51. The summed E-state index contributed by atoms with van der Waals surface area (Å²) in [5.74, 6) is 0.890. The highest BCUT2D eigenvalue weighted by molar-refractivity contribution is 7.09. The Morgan fingerprint density at radius 1 is 0.900 bits per heavy atom. The molecule has 0 spiro atoms. The van der Waals surface area contributed by atoms with Crippen molar-refractivity contribution in [3.63, 3.8) is 0 Å². The fourth-order valence-corrected chi connectivity index (χ4v) is 3.85. The maximum atomic E-state index is 13.1. The minimum absolute atomic E-state index is 0.118. The molecule has 1 aromatic heterocycles. The molecule has 4 rings (SSSR count). The van der Waals surface area contributed by atoms with Crippen LogP contribution in [0.2, 0.25) is 0 Å². The van der Waals surface area contributed by atoms with E-state index < -0.39 is 7.12 Å². The van der Waals surface area contributed by atoms with Crippen LogP contribution < -0.4 is 15.1 Å². The Kier molecular flexibility index (Phi) is 5.80. The lowest BCUT2D eigenvalue weighted by Gasteiger charge is -2.07. The number of hydrogen-bond donors (Lipinski definition) is 2. The van der Waals surface area contributed by atoms with Crippen LogP contribution in [0.25, 0.3) is 5.69 Å². The number of thiazole rings is 1. The predicted molar refractivity (Wildman–Crippen MR) is 115 cm³/mol. The summed E-state index contributed by atoms with van der Waals surface area (Å²) in [4.78, 5) is 13.1. The van der Waals surface area contributed by atoms with Crippen LogP contribution in [-0.2, 0) is 6.42 Å². The summed E-state index contributed by atoms with van der Waals surface area (Å²) in [5.41, 5.74) is 2.05. The van der Waals surface area contributed by atoms with Gasteiger partial charge in [-0.2, -0.15) is 0 Å². The van der Waals surface area contributed by atoms with Crippen LogP contribution in [0.3, 0.4) is 0 Å². The largest absolute Gasteiger partial charge is 0.488 e. The van der Waals surface area contributed by atoms with Gasteiger partial charge in [0, 0.05) is 23.2 Å². The lowest BCUT2D eigenvalue weighted by Crippen LogP contribution is -2.29. The summed E-state index contributed by atoms with van der Waals surface area (Å²) in [6.45, 7) is 0. The molecule has 0 bridgehead atoms. The Labute approximate surface area is 176 Å². The normalized spacial score (nSPS) is 10.8. The standard InChI is InChI=1S/C22H17BFNO4S/c24-17-5-7-18(8-6-17)25-14-21(30-22(25)26)13-15-1-9-19(10-2-15)29-20-11-3-16(4-12-20)23(27)28/h1-12,14,27-28H,13H2. The summed E-state index contributed by atoms with van der Waals surface area (Å²) in [5, 5.41) is 18.3. The highest BCUT2D eigenvalue weighted by Crippen LogP contribution is 2.22. The predicted octanol–water partition coefficient (Wildman–Crippen LogP) is 3.10. The Balaban J connectivity index is 1.44. The smallest absolute Gasteiger partial charge is 0.457 e. The monoisotopic (exact) mass is 421 g/mol. The van der Waals surface area contributed by atoms with E-state index in [4.69, 9.17) is 14.8 Å². The molecule has 0 saturated carbocycles. The second-order valence-corrected chi connectivity index (χ2v) is 7.75. The molecule has 30 heavy (non-hydrogen) atoms. The van der Waals surface area contributed by atoms with E-state index in [1.54, 1.807) is 42.6 Å². The van der Waals surface area contributed by atoms with Crippen molar-refractivity contribution in [3.8, 4) is 17.2 Å². The first kappa shape index (κ1) is 20.1. The summed E-state index contributed by atoms with van der Waals surface area (Å²) in [6.07, 6.45) is 2.37. The van der Waals surface area contributed by atoms with Crippen molar-refractivity contribution in [2.45, 2.75) is 6.42 Å². The van der Waals surface area contributed by atoms with Crippen molar-refractivity contribution in [1.82, 2.24) is 4.57 Å². The number of benzene rings is 3. The first-order valence-corrected chi connectivity index (χ1v) is 10.00. The topological polar surface area (TPSA) is 71.7 Å². The van der Waals surface area contributed by atoms with Crippen molar-refractivity contribution in [1.29, 1.82) is 0 Å². The number of aromatic nitrogens is 1. The van der Waals surface area contributed by atoms with Gasteiger partial charge in [-0.15, -0.1) is 0 Å². The zero-order valence-electron chi connectivity index (χ0n) is 15.7. The van der Waals surface area contributed by atoms with E-state index in [0.29, 0.717) is 29.1 Å². The zero-order valence-corrected chi connectivity index (χ0v) is 16.6. The van der Waals surface area contributed by atoms with Crippen molar-refractivity contribution in [2.75, 3.05) is 0 Å². The van der Waals surface area contributed by atoms with Gasteiger partial charge in [-0.1, -0.05) is 35.6 Å². The molecule has 5 nitrogen and oxygen atoms in total. The minimum Gasteiger partial charge on any atom is -0.457 e. The molecular weight excluding hydrogens is 404 g/mol. The van der Waals surface area contributed by atoms with Crippen LogP contribution in [0.1, 0.15) is 10.4 Å². The number of halogens is 1. The molecule has 0 aliphatic carbocycles. The highest BCUT2D eigenvalue weighted by Gasteiger charge is 2.10. The molecule has 0 unspecified atom stereocenters.